The summed E-state index contributed by atoms with van der Waals surface area (Å²) >= 11 is 0. The minimum absolute atomic E-state index is 0.139. The molecule has 0 amide bonds. The first kappa shape index (κ1) is 8.91. The highest BCUT2D eigenvalue weighted by atomic mass is 32.2. The molecule has 9 heavy (non-hydrogen) atoms. The van der Waals surface area contributed by atoms with E-state index in [2.05, 4.69) is 4.18 Å². The molecule has 0 aliphatic heterocycles. The standard InChI is InChI=1S/C5H12O3S/c1-3-4-5-9(6,7)8-2/h3-5H2,1-2H3. The van der Waals surface area contributed by atoms with Crippen molar-refractivity contribution in [1.82, 2.24) is 0 Å². The maximum absolute atomic E-state index is 10.5. The second-order valence-electron chi connectivity index (χ2n) is 1.78. The van der Waals surface area contributed by atoms with Crippen LogP contribution in [0.25, 0.3) is 0 Å². The molecule has 0 aromatic carbocycles. The third kappa shape index (κ3) is 4.42. The van der Waals surface area contributed by atoms with Crippen LogP contribution in [0, 0.1) is 0 Å². The van der Waals surface area contributed by atoms with E-state index in [1.165, 1.54) is 7.11 Å². The van der Waals surface area contributed by atoms with Gasteiger partial charge in [0.1, 0.15) is 0 Å². The molecule has 0 saturated heterocycles. The first-order chi connectivity index (χ1) is 4.12. The average molecular weight is 152 g/mol. The van der Waals surface area contributed by atoms with Crippen molar-refractivity contribution in [1.29, 1.82) is 0 Å². The van der Waals surface area contributed by atoms with Crippen molar-refractivity contribution in [3.8, 4) is 0 Å². The third-order valence-corrected chi connectivity index (χ3v) is 2.30. The first-order valence-corrected chi connectivity index (χ1v) is 4.48. The first-order valence-electron chi connectivity index (χ1n) is 2.90. The molecule has 0 rings (SSSR count). The Kier molecular flexibility index (Phi) is 3.81. The highest BCUT2D eigenvalue weighted by molar-refractivity contribution is 7.86. The zero-order valence-corrected chi connectivity index (χ0v) is 6.57. The molecule has 56 valence electrons. The maximum atomic E-state index is 10.5. The van der Waals surface area contributed by atoms with Gasteiger partial charge in [-0.25, -0.2) is 0 Å². The summed E-state index contributed by atoms with van der Waals surface area (Å²) in [6.07, 6.45) is 1.55. The Morgan fingerprint density at radius 2 is 2.00 bits per heavy atom. The van der Waals surface area contributed by atoms with Crippen LogP contribution in [-0.4, -0.2) is 21.3 Å². The van der Waals surface area contributed by atoms with E-state index in [1.54, 1.807) is 0 Å². The van der Waals surface area contributed by atoms with Gasteiger partial charge in [0.2, 0.25) is 0 Å². The van der Waals surface area contributed by atoms with Crippen LogP contribution in [-0.2, 0) is 14.3 Å². The fourth-order valence-corrected chi connectivity index (χ4v) is 1.21. The van der Waals surface area contributed by atoms with E-state index in [9.17, 15) is 8.42 Å². The van der Waals surface area contributed by atoms with Gasteiger partial charge in [0.15, 0.2) is 0 Å². The predicted molar refractivity (Wildman–Crippen MR) is 35.7 cm³/mol. The van der Waals surface area contributed by atoms with Crippen LogP contribution in [0.3, 0.4) is 0 Å². The van der Waals surface area contributed by atoms with Gasteiger partial charge in [0, 0.05) is 0 Å². The molecule has 0 fully saturated rings. The van der Waals surface area contributed by atoms with Gasteiger partial charge < -0.3 is 0 Å². The van der Waals surface area contributed by atoms with Crippen molar-refractivity contribution < 1.29 is 12.6 Å². The summed E-state index contributed by atoms with van der Waals surface area (Å²) < 4.78 is 25.3. The molecule has 0 heterocycles. The molecule has 0 aromatic rings. The Labute approximate surface area is 56.1 Å². The molecular formula is C5H12O3S. The Hall–Kier alpha value is -0.0900. The lowest BCUT2D eigenvalue weighted by atomic mass is 10.4. The summed E-state index contributed by atoms with van der Waals surface area (Å²) in [6, 6.07) is 0. The van der Waals surface area contributed by atoms with Crippen LogP contribution < -0.4 is 0 Å². The fourth-order valence-electron chi connectivity index (χ4n) is 0.404. The van der Waals surface area contributed by atoms with Gasteiger partial charge in [-0.2, -0.15) is 8.42 Å². The van der Waals surface area contributed by atoms with E-state index in [1.807, 2.05) is 6.92 Å². The number of rotatable bonds is 4. The Bertz CT molecular complexity index is 148. The zero-order chi connectivity index (χ0) is 7.33. The van der Waals surface area contributed by atoms with Crippen LogP contribution in [0.15, 0.2) is 0 Å². The largest absolute Gasteiger partial charge is 0.273 e. The quantitative estimate of drug-likeness (QED) is 0.559. The van der Waals surface area contributed by atoms with E-state index in [0.29, 0.717) is 6.42 Å². The lowest BCUT2D eigenvalue weighted by Crippen LogP contribution is -2.06. The molecule has 0 saturated carbocycles. The molecule has 0 bridgehead atoms. The van der Waals surface area contributed by atoms with Crippen molar-refractivity contribution >= 4 is 10.1 Å². The molecule has 0 radical (unpaired) electrons. The molecule has 0 N–H and O–H groups in total. The molecular weight excluding hydrogens is 140 g/mol. The van der Waals surface area contributed by atoms with E-state index >= 15 is 0 Å². The highest BCUT2D eigenvalue weighted by Crippen LogP contribution is 1.95. The number of hydrogen-bond donors (Lipinski definition) is 0. The van der Waals surface area contributed by atoms with Crippen molar-refractivity contribution in [2.24, 2.45) is 0 Å². The van der Waals surface area contributed by atoms with Crippen LogP contribution in [0.4, 0.5) is 0 Å². The van der Waals surface area contributed by atoms with E-state index in [4.69, 9.17) is 0 Å². The number of hydrogen-bond acceptors (Lipinski definition) is 3. The lowest BCUT2D eigenvalue weighted by Gasteiger charge is -1.96. The summed E-state index contributed by atoms with van der Waals surface area (Å²) in [4.78, 5) is 0. The maximum Gasteiger partial charge on any atom is 0.267 e. The summed E-state index contributed by atoms with van der Waals surface area (Å²) in [5.41, 5.74) is 0. The second kappa shape index (κ2) is 3.85. The van der Waals surface area contributed by atoms with Crippen LogP contribution in [0.2, 0.25) is 0 Å². The van der Waals surface area contributed by atoms with E-state index < -0.39 is 10.1 Å². The minimum atomic E-state index is -3.18. The molecule has 0 spiro atoms. The van der Waals surface area contributed by atoms with E-state index in [0.717, 1.165) is 6.42 Å². The molecule has 0 aliphatic rings. The van der Waals surface area contributed by atoms with Crippen LogP contribution >= 0.6 is 0 Å². The van der Waals surface area contributed by atoms with Crippen molar-refractivity contribution in [2.75, 3.05) is 12.9 Å². The van der Waals surface area contributed by atoms with Gasteiger partial charge >= 0.3 is 0 Å². The van der Waals surface area contributed by atoms with Gasteiger partial charge in [-0.1, -0.05) is 13.3 Å². The Morgan fingerprint density at radius 1 is 1.44 bits per heavy atom. The van der Waals surface area contributed by atoms with Gasteiger partial charge in [-0.3, -0.25) is 4.18 Å². The molecule has 0 atom stereocenters. The van der Waals surface area contributed by atoms with Gasteiger partial charge in [-0.15, -0.1) is 0 Å². The minimum Gasteiger partial charge on any atom is -0.273 e. The van der Waals surface area contributed by atoms with Gasteiger partial charge in [-0.05, 0) is 6.42 Å². The topological polar surface area (TPSA) is 43.4 Å². The van der Waals surface area contributed by atoms with Gasteiger partial charge in [0.05, 0.1) is 12.9 Å². The smallest absolute Gasteiger partial charge is 0.267 e. The fraction of sp³-hybridized carbons (Fsp3) is 1.00. The summed E-state index contributed by atoms with van der Waals surface area (Å²) in [7, 11) is -2.00. The monoisotopic (exact) mass is 152 g/mol. The Balaban J connectivity index is 3.61. The molecule has 0 unspecified atom stereocenters. The Morgan fingerprint density at radius 3 is 2.33 bits per heavy atom. The zero-order valence-electron chi connectivity index (χ0n) is 5.75. The summed E-state index contributed by atoms with van der Waals surface area (Å²) in [5, 5.41) is 0. The van der Waals surface area contributed by atoms with Crippen molar-refractivity contribution in [3.05, 3.63) is 0 Å². The third-order valence-electron chi connectivity index (χ3n) is 1.00. The van der Waals surface area contributed by atoms with Crippen LogP contribution in [0.1, 0.15) is 19.8 Å². The molecule has 0 aliphatic carbocycles. The van der Waals surface area contributed by atoms with Crippen molar-refractivity contribution in [3.63, 3.8) is 0 Å². The number of unbranched alkanes of at least 4 members (excludes halogenated alkanes) is 1. The van der Waals surface area contributed by atoms with Crippen molar-refractivity contribution in [2.45, 2.75) is 19.8 Å². The van der Waals surface area contributed by atoms with Gasteiger partial charge in [0.25, 0.3) is 10.1 Å². The second-order valence-corrected chi connectivity index (χ2v) is 3.64. The van der Waals surface area contributed by atoms with Crippen LogP contribution in [0.5, 0.6) is 0 Å². The molecule has 0 aromatic heterocycles. The SMILES string of the molecule is CCCCS(=O)(=O)OC. The normalized spacial score (nSPS) is 11.8. The van der Waals surface area contributed by atoms with E-state index in [-0.39, 0.29) is 5.75 Å². The predicted octanol–water partition coefficient (Wildman–Crippen LogP) is 0.763. The summed E-state index contributed by atoms with van der Waals surface area (Å²) in [6.45, 7) is 1.94. The summed E-state index contributed by atoms with van der Waals surface area (Å²) in [5.74, 6) is 0.139. The lowest BCUT2D eigenvalue weighted by molar-refractivity contribution is 0.396. The highest BCUT2D eigenvalue weighted by Gasteiger charge is 2.05. The molecule has 3 nitrogen and oxygen atoms in total. The average Bonchev–Trinajstić information content (AvgIpc) is 1.84. The molecule has 4 heteroatoms.